The molecule has 1 aliphatic carbocycles. The Labute approximate surface area is 163 Å². The molecule has 2 aromatic rings. The normalized spacial score (nSPS) is 20.8. The molecule has 1 atom stereocenters. The molecule has 1 fully saturated rings. The van der Waals surface area contributed by atoms with Crippen LogP contribution >= 0.6 is 0 Å². The Kier molecular flexibility index (Phi) is 4.14. The zero-order valence-electron chi connectivity index (χ0n) is 15.6. The average molecular weight is 404 g/mol. The smallest absolute Gasteiger partial charge is 0.286 e. The molecule has 11 heteroatoms. The first-order valence-corrected chi connectivity index (χ1v) is 8.97. The van der Waals surface area contributed by atoms with Gasteiger partial charge in [-0.2, -0.15) is 0 Å². The molecule has 3 N–H and O–H groups in total. The lowest BCUT2D eigenvalue weighted by Gasteiger charge is -2.32. The molecule has 1 saturated carbocycles. The highest BCUT2D eigenvalue weighted by molar-refractivity contribution is 5.95. The van der Waals surface area contributed by atoms with Gasteiger partial charge in [-0.05, 0) is 31.9 Å². The summed E-state index contributed by atoms with van der Waals surface area (Å²) in [5, 5.41) is 7.59. The van der Waals surface area contributed by atoms with Crippen LogP contribution in [0.15, 0.2) is 29.3 Å². The monoisotopic (exact) mass is 404 g/mol. The number of nitrogens with one attached hydrogen (secondary N) is 3. The molecule has 29 heavy (non-hydrogen) atoms. The van der Waals surface area contributed by atoms with Crippen LogP contribution in [0.4, 0.5) is 26.1 Å². The fraction of sp³-hybridized carbons (Fsp3) is 0.389. The Morgan fingerprint density at radius 3 is 2.62 bits per heavy atom. The van der Waals surface area contributed by atoms with E-state index in [-0.39, 0.29) is 34.8 Å². The number of anilines is 3. The van der Waals surface area contributed by atoms with E-state index in [9.17, 15) is 23.2 Å². The van der Waals surface area contributed by atoms with Gasteiger partial charge in [0.2, 0.25) is 5.91 Å². The summed E-state index contributed by atoms with van der Waals surface area (Å²) >= 11 is 0. The highest BCUT2D eigenvalue weighted by Gasteiger charge is 2.54. The van der Waals surface area contributed by atoms with Gasteiger partial charge in [0.05, 0.1) is 0 Å². The van der Waals surface area contributed by atoms with Crippen molar-refractivity contribution in [1.29, 1.82) is 0 Å². The largest absolute Gasteiger partial charge is 0.336 e. The maximum atomic E-state index is 14.2. The van der Waals surface area contributed by atoms with E-state index in [1.54, 1.807) is 0 Å². The molecule has 9 nitrogen and oxygen atoms in total. The molecule has 0 bridgehead atoms. The number of aromatic nitrogens is 3. The van der Waals surface area contributed by atoms with E-state index in [1.165, 1.54) is 24.5 Å². The van der Waals surface area contributed by atoms with Crippen molar-refractivity contribution in [2.24, 2.45) is 5.92 Å². The maximum absolute atomic E-state index is 14.2. The molecule has 152 valence electrons. The second kappa shape index (κ2) is 6.33. The fourth-order valence-electron chi connectivity index (χ4n) is 3.11. The number of carbonyl (C=O) groups is 2. The Bertz CT molecular complexity index is 1080. The van der Waals surface area contributed by atoms with Crippen LogP contribution in [0.5, 0.6) is 0 Å². The highest BCUT2D eigenvalue weighted by atomic mass is 19.3. The second-order valence-corrected chi connectivity index (χ2v) is 7.36. The van der Waals surface area contributed by atoms with E-state index in [1.807, 2.05) is 0 Å². The minimum absolute atomic E-state index is 0.0128. The number of fused-ring (bicyclic) bond motifs is 1. The number of halogens is 2. The van der Waals surface area contributed by atoms with Crippen molar-refractivity contribution >= 4 is 29.1 Å². The van der Waals surface area contributed by atoms with Crippen LogP contribution in [0, 0.1) is 5.92 Å². The number of hydrogen-bond donors (Lipinski definition) is 3. The summed E-state index contributed by atoms with van der Waals surface area (Å²) in [6.45, 7) is 1.72. The molecule has 0 spiro atoms. The molecule has 1 unspecified atom stereocenters. The van der Waals surface area contributed by atoms with Gasteiger partial charge in [0.1, 0.15) is 29.3 Å². The third-order valence-electron chi connectivity index (χ3n) is 5.10. The fourth-order valence-corrected chi connectivity index (χ4v) is 3.11. The van der Waals surface area contributed by atoms with Crippen molar-refractivity contribution in [2.75, 3.05) is 10.6 Å². The number of pyridine rings is 1. The quantitative estimate of drug-likeness (QED) is 0.700. The summed E-state index contributed by atoms with van der Waals surface area (Å²) in [6, 6.07) is 4.03. The van der Waals surface area contributed by atoms with E-state index >= 15 is 0 Å². The molecule has 0 aromatic carbocycles. The predicted molar refractivity (Wildman–Crippen MR) is 99.1 cm³/mol. The first-order chi connectivity index (χ1) is 13.6. The summed E-state index contributed by atoms with van der Waals surface area (Å²) in [6.07, 6.45) is 2.87. The topological polar surface area (TPSA) is 118 Å². The highest BCUT2D eigenvalue weighted by Crippen LogP contribution is 2.36. The van der Waals surface area contributed by atoms with E-state index in [2.05, 4.69) is 25.9 Å². The van der Waals surface area contributed by atoms with Gasteiger partial charge in [0, 0.05) is 18.9 Å². The van der Waals surface area contributed by atoms with Crippen molar-refractivity contribution in [3.05, 3.63) is 40.6 Å². The summed E-state index contributed by atoms with van der Waals surface area (Å²) in [4.78, 5) is 44.8. The first-order valence-electron chi connectivity index (χ1n) is 8.97. The van der Waals surface area contributed by atoms with E-state index < -0.39 is 23.1 Å². The molecule has 2 aliphatic rings. The number of hydrogen-bond acceptors (Lipinski definition) is 6. The number of nitrogens with zero attached hydrogens (tertiary/aromatic N) is 3. The summed E-state index contributed by atoms with van der Waals surface area (Å²) < 4.78 is 29.1. The van der Waals surface area contributed by atoms with Crippen LogP contribution < -0.4 is 21.5 Å². The predicted octanol–water partition coefficient (Wildman–Crippen LogP) is 1.80. The van der Waals surface area contributed by atoms with Crippen molar-refractivity contribution in [3.8, 4) is 0 Å². The zero-order chi connectivity index (χ0) is 21.0. The van der Waals surface area contributed by atoms with Crippen LogP contribution in [-0.2, 0) is 10.5 Å². The van der Waals surface area contributed by atoms with Crippen LogP contribution in [0.2, 0.25) is 0 Å². The van der Waals surface area contributed by atoms with E-state index in [0.717, 1.165) is 24.3 Å². The van der Waals surface area contributed by atoms with Gasteiger partial charge in [-0.1, -0.05) is 0 Å². The lowest BCUT2D eigenvalue weighted by Crippen LogP contribution is -2.56. The average Bonchev–Trinajstić information content (AvgIpc) is 3.43. The van der Waals surface area contributed by atoms with Gasteiger partial charge >= 0.3 is 0 Å². The van der Waals surface area contributed by atoms with Crippen molar-refractivity contribution in [2.45, 2.75) is 38.3 Å². The van der Waals surface area contributed by atoms with Gasteiger partial charge in [0.15, 0.2) is 5.66 Å². The van der Waals surface area contributed by atoms with Crippen molar-refractivity contribution < 1.29 is 18.4 Å². The van der Waals surface area contributed by atoms with Crippen LogP contribution in [0.3, 0.4) is 0 Å². The Morgan fingerprint density at radius 2 is 1.97 bits per heavy atom. The van der Waals surface area contributed by atoms with Crippen LogP contribution in [0.1, 0.15) is 37.2 Å². The van der Waals surface area contributed by atoms with Crippen LogP contribution in [-0.4, -0.2) is 32.3 Å². The summed E-state index contributed by atoms with van der Waals surface area (Å²) in [5.74, 6) is -3.87. The SMILES string of the molecule is CC(F)(F)C1(C)NC(=O)c2ccc(Nc3cc(NC(=O)C4CC4)ncn3)c(=O)n21. The number of alkyl halides is 2. The lowest BCUT2D eigenvalue weighted by atomic mass is 10.1. The van der Waals surface area contributed by atoms with E-state index in [0.29, 0.717) is 6.92 Å². The molecule has 2 amide bonds. The van der Waals surface area contributed by atoms with E-state index in [4.69, 9.17) is 0 Å². The maximum Gasteiger partial charge on any atom is 0.286 e. The molecule has 0 saturated heterocycles. The van der Waals surface area contributed by atoms with Gasteiger partial charge < -0.3 is 16.0 Å². The minimum Gasteiger partial charge on any atom is -0.336 e. The molecular weight excluding hydrogens is 386 g/mol. The zero-order valence-corrected chi connectivity index (χ0v) is 15.6. The first kappa shape index (κ1) is 19.0. The molecule has 1 aliphatic heterocycles. The molecule has 4 rings (SSSR count). The summed E-state index contributed by atoms with van der Waals surface area (Å²) in [7, 11) is 0. The Morgan fingerprint density at radius 1 is 1.28 bits per heavy atom. The van der Waals surface area contributed by atoms with Crippen molar-refractivity contribution in [3.63, 3.8) is 0 Å². The second-order valence-electron chi connectivity index (χ2n) is 7.36. The lowest BCUT2D eigenvalue weighted by molar-refractivity contribution is -0.117. The third kappa shape index (κ3) is 3.22. The Balaban J connectivity index is 1.66. The summed E-state index contributed by atoms with van der Waals surface area (Å²) in [5.41, 5.74) is -3.24. The standard InChI is InChI=1S/C18H18F2N6O3/c1-17(19,20)18(2)25-15(28)11-6-5-10(16(29)26(11)18)23-12-7-13(22-8-21-12)24-14(27)9-3-4-9/h5-9H,3-4H2,1-2H3,(H,25,28)(H2,21,22,23,24,27). The van der Waals surface area contributed by atoms with Gasteiger partial charge in [0.25, 0.3) is 17.4 Å². The van der Waals surface area contributed by atoms with Gasteiger partial charge in [-0.3, -0.25) is 19.0 Å². The number of amides is 2. The molecule has 3 heterocycles. The minimum atomic E-state index is -3.40. The number of rotatable bonds is 5. The Hall–Kier alpha value is -3.37. The molecule has 2 aromatic heterocycles. The van der Waals surface area contributed by atoms with Gasteiger partial charge in [-0.15, -0.1) is 0 Å². The van der Waals surface area contributed by atoms with Gasteiger partial charge in [-0.25, -0.2) is 18.7 Å². The number of carbonyl (C=O) groups excluding carboxylic acids is 2. The van der Waals surface area contributed by atoms with Crippen molar-refractivity contribution in [1.82, 2.24) is 19.9 Å². The molecule has 0 radical (unpaired) electrons. The molecular formula is C18H18F2N6O3. The third-order valence-corrected chi connectivity index (χ3v) is 5.10. The van der Waals surface area contributed by atoms with Crippen LogP contribution in [0.25, 0.3) is 0 Å².